The predicted octanol–water partition coefficient (Wildman–Crippen LogP) is 1.62. The minimum Gasteiger partial charge on any atom is -0.366 e. The topological polar surface area (TPSA) is 119 Å². The van der Waals surface area contributed by atoms with Crippen LogP contribution in [0.3, 0.4) is 0 Å². The Morgan fingerprint density at radius 3 is 2.48 bits per heavy atom. The number of piperidine rings is 1. The Kier molecular flexibility index (Phi) is 5.19. The van der Waals surface area contributed by atoms with Crippen molar-refractivity contribution in [2.45, 2.75) is 12.8 Å². The van der Waals surface area contributed by atoms with Gasteiger partial charge in [-0.3, -0.25) is 14.2 Å². The zero-order chi connectivity index (χ0) is 20.2. The van der Waals surface area contributed by atoms with Crippen LogP contribution in [0.1, 0.15) is 23.2 Å². The largest absolute Gasteiger partial charge is 0.366 e. The van der Waals surface area contributed by atoms with E-state index in [1.165, 1.54) is 0 Å². The number of anilines is 2. The second-order valence-electron chi connectivity index (χ2n) is 6.94. The summed E-state index contributed by atoms with van der Waals surface area (Å²) in [5, 5.41) is 11.5. The van der Waals surface area contributed by atoms with Gasteiger partial charge in [0.1, 0.15) is 6.33 Å². The van der Waals surface area contributed by atoms with Gasteiger partial charge in [-0.15, -0.1) is 10.2 Å². The molecule has 2 amide bonds. The number of benzene rings is 1. The highest BCUT2D eigenvalue weighted by Gasteiger charge is 2.27. The maximum Gasteiger partial charge on any atom is 0.248 e. The van der Waals surface area contributed by atoms with Gasteiger partial charge in [-0.2, -0.15) is 0 Å². The van der Waals surface area contributed by atoms with Crippen molar-refractivity contribution in [3.8, 4) is 5.82 Å². The van der Waals surface area contributed by atoms with Crippen molar-refractivity contribution in [1.29, 1.82) is 0 Å². The molecule has 9 nitrogen and oxygen atoms in total. The molecule has 0 saturated carbocycles. The van der Waals surface area contributed by atoms with Gasteiger partial charge in [-0.05, 0) is 49.2 Å². The van der Waals surface area contributed by atoms with Crippen LogP contribution in [0, 0.1) is 5.92 Å². The summed E-state index contributed by atoms with van der Waals surface area (Å²) in [7, 11) is 0. The Bertz CT molecular complexity index is 985. The molecule has 1 fully saturated rings. The molecule has 0 spiro atoms. The number of nitrogens with one attached hydrogen (secondary N) is 1. The molecule has 1 unspecified atom stereocenters. The molecular formula is C20H21N7O2. The van der Waals surface area contributed by atoms with Crippen molar-refractivity contribution in [3.05, 3.63) is 60.7 Å². The number of hydrogen-bond donors (Lipinski definition) is 2. The fourth-order valence-electron chi connectivity index (χ4n) is 3.38. The summed E-state index contributed by atoms with van der Waals surface area (Å²) in [6.45, 7) is 1.40. The van der Waals surface area contributed by atoms with Gasteiger partial charge in [-0.1, -0.05) is 0 Å². The number of imidazole rings is 1. The third-order valence-electron chi connectivity index (χ3n) is 4.96. The van der Waals surface area contributed by atoms with E-state index in [-0.39, 0.29) is 11.8 Å². The highest BCUT2D eigenvalue weighted by molar-refractivity contribution is 5.95. The van der Waals surface area contributed by atoms with E-state index in [2.05, 4.69) is 25.4 Å². The van der Waals surface area contributed by atoms with E-state index in [1.54, 1.807) is 47.6 Å². The average Bonchev–Trinajstić information content (AvgIpc) is 3.29. The quantitative estimate of drug-likeness (QED) is 0.682. The molecule has 3 N–H and O–H groups in total. The number of hydrogen-bond acceptors (Lipinski definition) is 6. The molecule has 29 heavy (non-hydrogen) atoms. The molecule has 1 aliphatic rings. The Hall–Kier alpha value is -3.75. The molecule has 148 valence electrons. The minimum absolute atomic E-state index is 0.0514. The van der Waals surface area contributed by atoms with Crippen molar-refractivity contribution in [1.82, 2.24) is 19.7 Å². The van der Waals surface area contributed by atoms with Crippen LogP contribution in [-0.2, 0) is 4.79 Å². The van der Waals surface area contributed by atoms with Gasteiger partial charge in [0.05, 0.1) is 5.92 Å². The number of amides is 2. The van der Waals surface area contributed by atoms with E-state index in [9.17, 15) is 9.59 Å². The Labute approximate surface area is 167 Å². The van der Waals surface area contributed by atoms with Crippen LogP contribution in [0.15, 0.2) is 55.1 Å². The van der Waals surface area contributed by atoms with Gasteiger partial charge in [0, 0.05) is 36.7 Å². The second kappa shape index (κ2) is 8.09. The lowest BCUT2D eigenvalue weighted by Gasteiger charge is -2.32. The van der Waals surface area contributed by atoms with Crippen LogP contribution >= 0.6 is 0 Å². The number of nitrogens with two attached hydrogens (primary N) is 1. The summed E-state index contributed by atoms with van der Waals surface area (Å²) < 4.78 is 1.78. The lowest BCUT2D eigenvalue weighted by atomic mass is 9.97. The molecule has 1 atom stereocenters. The number of carbonyl (C=O) groups excluding carboxylic acids is 2. The molecule has 3 heterocycles. The van der Waals surface area contributed by atoms with Crippen LogP contribution in [0.5, 0.6) is 0 Å². The number of primary amides is 1. The average molecular weight is 391 g/mol. The summed E-state index contributed by atoms with van der Waals surface area (Å²) in [5.74, 6) is 0.735. The van der Waals surface area contributed by atoms with Gasteiger partial charge in [0.25, 0.3) is 0 Å². The van der Waals surface area contributed by atoms with E-state index in [1.807, 2.05) is 12.1 Å². The summed E-state index contributed by atoms with van der Waals surface area (Å²) in [6, 6.07) is 10.3. The van der Waals surface area contributed by atoms with E-state index in [4.69, 9.17) is 5.73 Å². The van der Waals surface area contributed by atoms with E-state index in [0.29, 0.717) is 23.6 Å². The van der Waals surface area contributed by atoms with Crippen LogP contribution in [0.4, 0.5) is 11.5 Å². The first-order valence-electron chi connectivity index (χ1n) is 9.38. The highest BCUT2D eigenvalue weighted by Crippen LogP contribution is 2.23. The van der Waals surface area contributed by atoms with E-state index < -0.39 is 5.91 Å². The standard InChI is InChI=1S/C20H21N7O2/c21-19(28)14-3-5-16(6-4-14)23-20(29)15-2-1-10-26(12-15)17-7-8-18(25-24-17)27-11-9-22-13-27/h3-9,11,13,15H,1-2,10,12H2,(H2,21,28)(H,23,29). The van der Waals surface area contributed by atoms with Crippen LogP contribution in [0.25, 0.3) is 5.82 Å². The first-order chi connectivity index (χ1) is 14.1. The minimum atomic E-state index is -0.494. The molecule has 3 aromatic rings. The SMILES string of the molecule is NC(=O)c1ccc(NC(=O)C2CCCN(c3ccc(-n4ccnc4)nn3)C2)cc1. The van der Waals surface area contributed by atoms with Crippen molar-refractivity contribution in [3.63, 3.8) is 0 Å². The van der Waals surface area contributed by atoms with Gasteiger partial charge >= 0.3 is 0 Å². The second-order valence-corrected chi connectivity index (χ2v) is 6.94. The molecule has 9 heteroatoms. The predicted molar refractivity (Wildman–Crippen MR) is 108 cm³/mol. The summed E-state index contributed by atoms with van der Waals surface area (Å²) in [6.07, 6.45) is 6.86. The molecule has 0 bridgehead atoms. The lowest BCUT2D eigenvalue weighted by Crippen LogP contribution is -2.41. The smallest absolute Gasteiger partial charge is 0.248 e. The van der Waals surface area contributed by atoms with Crippen molar-refractivity contribution in [2.24, 2.45) is 11.7 Å². The van der Waals surface area contributed by atoms with Crippen molar-refractivity contribution >= 4 is 23.3 Å². The lowest BCUT2D eigenvalue weighted by molar-refractivity contribution is -0.120. The van der Waals surface area contributed by atoms with Crippen LogP contribution in [-0.4, -0.2) is 44.7 Å². The zero-order valence-electron chi connectivity index (χ0n) is 15.7. The van der Waals surface area contributed by atoms with E-state index >= 15 is 0 Å². The molecule has 1 aromatic carbocycles. The van der Waals surface area contributed by atoms with Crippen molar-refractivity contribution in [2.75, 3.05) is 23.3 Å². The molecule has 1 aliphatic heterocycles. The highest BCUT2D eigenvalue weighted by atomic mass is 16.2. The maximum absolute atomic E-state index is 12.7. The number of nitrogens with zero attached hydrogens (tertiary/aromatic N) is 5. The number of rotatable bonds is 5. The summed E-state index contributed by atoms with van der Waals surface area (Å²) >= 11 is 0. The fourth-order valence-corrected chi connectivity index (χ4v) is 3.38. The van der Waals surface area contributed by atoms with Crippen LogP contribution in [0.2, 0.25) is 0 Å². The summed E-state index contributed by atoms with van der Waals surface area (Å²) in [5.41, 5.74) is 6.29. The molecular weight excluding hydrogens is 370 g/mol. The Morgan fingerprint density at radius 1 is 1.07 bits per heavy atom. The van der Waals surface area contributed by atoms with Gasteiger partial charge in [-0.25, -0.2) is 4.98 Å². The summed E-state index contributed by atoms with van der Waals surface area (Å²) in [4.78, 5) is 29.9. The fraction of sp³-hybridized carbons (Fsp3) is 0.250. The van der Waals surface area contributed by atoms with Crippen LogP contribution < -0.4 is 16.0 Å². The molecule has 2 aromatic heterocycles. The van der Waals surface area contributed by atoms with Gasteiger partial charge < -0.3 is 16.0 Å². The third kappa shape index (κ3) is 4.23. The van der Waals surface area contributed by atoms with E-state index in [0.717, 1.165) is 25.2 Å². The maximum atomic E-state index is 12.7. The van der Waals surface area contributed by atoms with Gasteiger partial charge in [0.15, 0.2) is 11.6 Å². The molecule has 1 saturated heterocycles. The number of carbonyl (C=O) groups is 2. The van der Waals surface area contributed by atoms with Gasteiger partial charge in [0.2, 0.25) is 11.8 Å². The number of aromatic nitrogens is 4. The first kappa shape index (κ1) is 18.6. The first-order valence-corrected chi connectivity index (χ1v) is 9.38. The molecule has 0 aliphatic carbocycles. The normalized spacial score (nSPS) is 16.4. The zero-order valence-corrected chi connectivity index (χ0v) is 15.7. The monoisotopic (exact) mass is 391 g/mol. The molecule has 4 rings (SSSR count). The Balaban J connectivity index is 1.39. The van der Waals surface area contributed by atoms with Crippen molar-refractivity contribution < 1.29 is 9.59 Å². The Morgan fingerprint density at radius 2 is 1.83 bits per heavy atom. The third-order valence-corrected chi connectivity index (χ3v) is 4.96. The molecule has 0 radical (unpaired) electrons.